The van der Waals surface area contributed by atoms with Gasteiger partial charge < -0.3 is 9.47 Å². The van der Waals surface area contributed by atoms with Gasteiger partial charge in [0.2, 0.25) is 0 Å². The van der Waals surface area contributed by atoms with Gasteiger partial charge in [-0.1, -0.05) is 35.9 Å². The largest absolute Gasteiger partial charge is 0.491 e. The SMILES string of the molecule is COC(=O)C(COc1ccccc1Cl)c1cccc(F)c1. The molecule has 110 valence electrons. The summed E-state index contributed by atoms with van der Waals surface area (Å²) in [5.74, 6) is -1.17. The number of benzene rings is 2. The average molecular weight is 309 g/mol. The van der Waals surface area contributed by atoms with Crippen LogP contribution in [0.3, 0.4) is 0 Å². The summed E-state index contributed by atoms with van der Waals surface area (Å²) in [5.41, 5.74) is 0.494. The molecule has 0 aliphatic carbocycles. The number of hydrogen-bond donors (Lipinski definition) is 0. The first-order valence-electron chi connectivity index (χ1n) is 6.32. The van der Waals surface area contributed by atoms with E-state index in [1.54, 1.807) is 30.3 Å². The summed E-state index contributed by atoms with van der Waals surface area (Å²) in [6.45, 7) is 0.0138. The Balaban J connectivity index is 2.18. The van der Waals surface area contributed by atoms with Gasteiger partial charge in [0.15, 0.2) is 0 Å². The topological polar surface area (TPSA) is 35.5 Å². The van der Waals surface area contributed by atoms with Crippen molar-refractivity contribution in [3.8, 4) is 5.75 Å². The third kappa shape index (κ3) is 3.95. The van der Waals surface area contributed by atoms with E-state index in [9.17, 15) is 9.18 Å². The first-order valence-corrected chi connectivity index (χ1v) is 6.70. The van der Waals surface area contributed by atoms with Crippen LogP contribution in [0.4, 0.5) is 4.39 Å². The molecule has 0 heterocycles. The Labute approximate surface area is 127 Å². The molecule has 3 nitrogen and oxygen atoms in total. The number of hydrogen-bond acceptors (Lipinski definition) is 3. The number of rotatable bonds is 5. The van der Waals surface area contributed by atoms with Crippen LogP contribution in [0.2, 0.25) is 5.02 Å². The van der Waals surface area contributed by atoms with Crippen molar-refractivity contribution in [1.29, 1.82) is 0 Å². The highest BCUT2D eigenvalue weighted by Gasteiger charge is 2.23. The van der Waals surface area contributed by atoms with Crippen LogP contribution >= 0.6 is 11.6 Å². The van der Waals surface area contributed by atoms with E-state index >= 15 is 0 Å². The van der Waals surface area contributed by atoms with E-state index in [2.05, 4.69) is 0 Å². The Kier molecular flexibility index (Phi) is 5.17. The van der Waals surface area contributed by atoms with Crippen LogP contribution in [-0.4, -0.2) is 19.7 Å². The lowest BCUT2D eigenvalue weighted by atomic mass is 10.00. The first kappa shape index (κ1) is 15.3. The quantitative estimate of drug-likeness (QED) is 0.788. The summed E-state index contributed by atoms with van der Waals surface area (Å²) in [6, 6.07) is 12.7. The predicted molar refractivity (Wildman–Crippen MR) is 78.1 cm³/mol. The number of para-hydroxylation sites is 1. The highest BCUT2D eigenvalue weighted by molar-refractivity contribution is 6.32. The van der Waals surface area contributed by atoms with E-state index in [0.717, 1.165) is 0 Å². The summed E-state index contributed by atoms with van der Waals surface area (Å²) >= 11 is 5.99. The Hall–Kier alpha value is -2.07. The zero-order chi connectivity index (χ0) is 15.2. The molecule has 0 aromatic heterocycles. The molecule has 0 amide bonds. The van der Waals surface area contributed by atoms with Crippen molar-refractivity contribution < 1.29 is 18.7 Å². The van der Waals surface area contributed by atoms with Gasteiger partial charge in [-0.05, 0) is 29.8 Å². The molecule has 1 atom stereocenters. The normalized spacial score (nSPS) is 11.8. The molecular formula is C16H14ClFO3. The Morgan fingerprint density at radius 1 is 1.24 bits per heavy atom. The number of esters is 1. The van der Waals surface area contributed by atoms with Crippen LogP contribution in [0.1, 0.15) is 11.5 Å². The molecule has 0 aliphatic heterocycles. The van der Waals surface area contributed by atoms with Crippen molar-refractivity contribution in [2.75, 3.05) is 13.7 Å². The molecular weight excluding hydrogens is 295 g/mol. The lowest BCUT2D eigenvalue weighted by Crippen LogP contribution is -2.21. The van der Waals surface area contributed by atoms with E-state index in [1.165, 1.54) is 25.3 Å². The fraction of sp³-hybridized carbons (Fsp3) is 0.188. The lowest BCUT2D eigenvalue weighted by molar-refractivity contribution is -0.143. The van der Waals surface area contributed by atoms with Gasteiger partial charge in [-0.2, -0.15) is 0 Å². The van der Waals surface area contributed by atoms with Crippen molar-refractivity contribution >= 4 is 17.6 Å². The molecule has 21 heavy (non-hydrogen) atoms. The Morgan fingerprint density at radius 2 is 2.00 bits per heavy atom. The molecule has 0 N–H and O–H groups in total. The van der Waals surface area contributed by atoms with E-state index in [-0.39, 0.29) is 6.61 Å². The van der Waals surface area contributed by atoms with Crippen LogP contribution < -0.4 is 4.74 Å². The number of ether oxygens (including phenoxy) is 2. The number of halogens is 2. The minimum atomic E-state index is -0.720. The molecule has 0 fully saturated rings. The van der Waals surface area contributed by atoms with E-state index < -0.39 is 17.7 Å². The molecule has 5 heteroatoms. The molecule has 0 bridgehead atoms. The average Bonchev–Trinajstić information content (AvgIpc) is 2.49. The molecule has 2 aromatic carbocycles. The minimum Gasteiger partial charge on any atom is -0.491 e. The van der Waals surface area contributed by atoms with Gasteiger partial charge in [0.1, 0.15) is 24.1 Å². The number of carbonyl (C=O) groups is 1. The van der Waals surface area contributed by atoms with Crippen LogP contribution in [0.15, 0.2) is 48.5 Å². The third-order valence-electron chi connectivity index (χ3n) is 2.98. The van der Waals surface area contributed by atoms with Crippen molar-refractivity contribution in [2.45, 2.75) is 5.92 Å². The maximum absolute atomic E-state index is 13.3. The highest BCUT2D eigenvalue weighted by Crippen LogP contribution is 2.26. The second-order valence-electron chi connectivity index (χ2n) is 4.37. The summed E-state index contributed by atoms with van der Waals surface area (Å²) in [5, 5.41) is 0.445. The van der Waals surface area contributed by atoms with E-state index in [1.807, 2.05) is 0 Å². The smallest absolute Gasteiger partial charge is 0.316 e. The molecule has 2 rings (SSSR count). The second-order valence-corrected chi connectivity index (χ2v) is 4.78. The molecule has 1 unspecified atom stereocenters. The Bertz CT molecular complexity index is 630. The van der Waals surface area contributed by atoms with Crippen molar-refractivity contribution in [3.63, 3.8) is 0 Å². The van der Waals surface area contributed by atoms with Gasteiger partial charge in [0, 0.05) is 0 Å². The molecule has 0 radical (unpaired) electrons. The first-order chi connectivity index (χ1) is 10.1. The van der Waals surface area contributed by atoms with Gasteiger partial charge in [0.05, 0.1) is 12.1 Å². The van der Waals surface area contributed by atoms with Crippen molar-refractivity contribution in [1.82, 2.24) is 0 Å². The summed E-state index contributed by atoms with van der Waals surface area (Å²) in [6.07, 6.45) is 0. The van der Waals surface area contributed by atoms with E-state index in [0.29, 0.717) is 16.3 Å². The zero-order valence-electron chi connectivity index (χ0n) is 11.4. The van der Waals surface area contributed by atoms with Gasteiger partial charge >= 0.3 is 5.97 Å². The molecule has 2 aromatic rings. The van der Waals surface area contributed by atoms with Crippen molar-refractivity contribution in [2.24, 2.45) is 0 Å². The number of methoxy groups -OCH3 is 1. The van der Waals surface area contributed by atoms with Crippen LogP contribution in [0.5, 0.6) is 5.75 Å². The molecule has 0 aliphatic rings. The summed E-state index contributed by atoms with van der Waals surface area (Å²) in [7, 11) is 1.28. The van der Waals surface area contributed by atoms with Crippen LogP contribution in [0, 0.1) is 5.82 Å². The van der Waals surface area contributed by atoms with Crippen LogP contribution in [-0.2, 0) is 9.53 Å². The number of carbonyl (C=O) groups excluding carboxylic acids is 1. The monoisotopic (exact) mass is 308 g/mol. The fourth-order valence-electron chi connectivity index (χ4n) is 1.90. The predicted octanol–water partition coefficient (Wildman–Crippen LogP) is 3.81. The van der Waals surface area contributed by atoms with Gasteiger partial charge in [-0.3, -0.25) is 4.79 Å². The Morgan fingerprint density at radius 3 is 2.67 bits per heavy atom. The summed E-state index contributed by atoms with van der Waals surface area (Å²) in [4.78, 5) is 11.9. The van der Waals surface area contributed by atoms with Crippen molar-refractivity contribution in [3.05, 3.63) is 64.9 Å². The molecule has 0 spiro atoms. The van der Waals surface area contributed by atoms with E-state index in [4.69, 9.17) is 21.1 Å². The lowest BCUT2D eigenvalue weighted by Gasteiger charge is -2.16. The standard InChI is InChI=1S/C16H14ClFO3/c1-20-16(19)13(11-5-4-6-12(18)9-11)10-21-15-8-3-2-7-14(15)17/h2-9,13H,10H2,1H3. The highest BCUT2D eigenvalue weighted by atomic mass is 35.5. The second kappa shape index (κ2) is 7.09. The van der Waals surface area contributed by atoms with Gasteiger partial charge in [-0.25, -0.2) is 4.39 Å². The van der Waals surface area contributed by atoms with Gasteiger partial charge in [0.25, 0.3) is 0 Å². The maximum atomic E-state index is 13.3. The third-order valence-corrected chi connectivity index (χ3v) is 3.29. The van der Waals surface area contributed by atoms with Crippen LogP contribution in [0.25, 0.3) is 0 Å². The minimum absolute atomic E-state index is 0.0138. The summed E-state index contributed by atoms with van der Waals surface area (Å²) < 4.78 is 23.6. The fourth-order valence-corrected chi connectivity index (χ4v) is 2.09. The maximum Gasteiger partial charge on any atom is 0.316 e. The molecule has 0 saturated heterocycles. The molecule has 0 saturated carbocycles. The zero-order valence-corrected chi connectivity index (χ0v) is 12.1. The van der Waals surface area contributed by atoms with Gasteiger partial charge in [-0.15, -0.1) is 0 Å².